The summed E-state index contributed by atoms with van der Waals surface area (Å²) in [6.45, 7) is 0.518. The molecule has 0 aliphatic rings. The highest BCUT2D eigenvalue weighted by Crippen LogP contribution is 2.35. The molecule has 0 amide bonds. The molecule has 0 bridgehead atoms. The lowest BCUT2D eigenvalue weighted by molar-refractivity contribution is 0.304. The Balaban J connectivity index is 1.88. The van der Waals surface area contributed by atoms with Crippen molar-refractivity contribution in [2.45, 2.75) is 6.61 Å². The average Bonchev–Trinajstić information content (AvgIpc) is 2.85. The summed E-state index contributed by atoms with van der Waals surface area (Å²) in [7, 11) is 1.62. The normalized spacial score (nSPS) is 10.7. The third-order valence-corrected chi connectivity index (χ3v) is 3.75. The smallest absolute Gasteiger partial charge is 0.181 e. The summed E-state index contributed by atoms with van der Waals surface area (Å²) in [4.78, 5) is 4.26. The third kappa shape index (κ3) is 2.53. The lowest BCUT2D eigenvalue weighted by atomic mass is 10.2. The topological polar surface area (TPSA) is 57.4 Å². The summed E-state index contributed by atoms with van der Waals surface area (Å²) < 4.78 is 12.1. The molecule has 4 nitrogen and oxygen atoms in total. The quantitative estimate of drug-likeness (QED) is 0.798. The Labute approximate surface area is 120 Å². The minimum Gasteiger partial charge on any atom is -0.494 e. The van der Waals surface area contributed by atoms with E-state index in [1.807, 2.05) is 42.5 Å². The van der Waals surface area contributed by atoms with E-state index in [-0.39, 0.29) is 0 Å². The lowest BCUT2D eigenvalue weighted by Crippen LogP contribution is -1.95. The van der Waals surface area contributed by atoms with Gasteiger partial charge in [-0.1, -0.05) is 41.7 Å². The number of fused-ring (bicyclic) bond motifs is 1. The molecular weight excluding hydrogens is 272 g/mol. The van der Waals surface area contributed by atoms with Crippen LogP contribution in [0.5, 0.6) is 11.5 Å². The Morgan fingerprint density at radius 1 is 1.20 bits per heavy atom. The first-order chi connectivity index (χ1) is 9.76. The van der Waals surface area contributed by atoms with Gasteiger partial charge in [0.2, 0.25) is 0 Å². The van der Waals surface area contributed by atoms with Gasteiger partial charge in [-0.05, 0) is 11.6 Å². The zero-order valence-corrected chi connectivity index (χ0v) is 11.8. The third-order valence-electron chi connectivity index (χ3n) is 2.92. The Kier molecular flexibility index (Phi) is 3.43. The van der Waals surface area contributed by atoms with Gasteiger partial charge in [0.1, 0.15) is 23.6 Å². The van der Waals surface area contributed by atoms with Gasteiger partial charge in [0.25, 0.3) is 0 Å². The maximum absolute atomic E-state index is 5.81. The first-order valence-corrected chi connectivity index (χ1v) is 6.98. The number of aromatic nitrogens is 1. The predicted octanol–water partition coefficient (Wildman–Crippen LogP) is 3.47. The van der Waals surface area contributed by atoms with E-state index in [4.69, 9.17) is 15.2 Å². The van der Waals surface area contributed by atoms with Crippen molar-refractivity contribution in [3.63, 3.8) is 0 Å². The highest BCUT2D eigenvalue weighted by molar-refractivity contribution is 7.22. The summed E-state index contributed by atoms with van der Waals surface area (Å²) in [6, 6.07) is 13.8. The average molecular weight is 286 g/mol. The number of anilines is 1. The van der Waals surface area contributed by atoms with Gasteiger partial charge in [0.05, 0.1) is 11.8 Å². The van der Waals surface area contributed by atoms with E-state index in [0.29, 0.717) is 17.5 Å². The summed E-state index contributed by atoms with van der Waals surface area (Å²) in [6.07, 6.45) is 0. The number of hydrogen-bond donors (Lipinski definition) is 1. The predicted molar refractivity (Wildman–Crippen MR) is 81.4 cm³/mol. The summed E-state index contributed by atoms with van der Waals surface area (Å²) in [5.74, 6) is 1.43. The molecule has 2 N–H and O–H groups in total. The number of thiazole rings is 1. The molecule has 3 rings (SSSR count). The van der Waals surface area contributed by atoms with E-state index < -0.39 is 0 Å². The first-order valence-electron chi connectivity index (χ1n) is 6.17. The van der Waals surface area contributed by atoms with Crippen LogP contribution >= 0.6 is 11.3 Å². The van der Waals surface area contributed by atoms with Gasteiger partial charge >= 0.3 is 0 Å². The second-order valence-corrected chi connectivity index (χ2v) is 5.36. The van der Waals surface area contributed by atoms with Crippen LogP contribution in [0.1, 0.15) is 5.56 Å². The minimum atomic E-state index is 0.518. The monoisotopic (exact) mass is 286 g/mol. The Bertz CT molecular complexity index is 725. The standard InChI is InChI=1S/C15H14N2O2S/c1-18-12-7-11(8-13-14(12)17-15(16)20-13)19-9-10-5-3-2-4-6-10/h2-8H,9H2,1H3,(H2,16,17). The second kappa shape index (κ2) is 5.38. The van der Waals surface area contributed by atoms with E-state index in [9.17, 15) is 0 Å². The molecule has 20 heavy (non-hydrogen) atoms. The van der Waals surface area contributed by atoms with Crippen LogP contribution in [-0.2, 0) is 6.61 Å². The van der Waals surface area contributed by atoms with Gasteiger partial charge in [-0.3, -0.25) is 0 Å². The number of methoxy groups -OCH3 is 1. The van der Waals surface area contributed by atoms with Gasteiger partial charge < -0.3 is 15.2 Å². The molecule has 0 fully saturated rings. The van der Waals surface area contributed by atoms with Gasteiger partial charge in [-0.15, -0.1) is 0 Å². The van der Waals surface area contributed by atoms with Crippen LogP contribution in [0, 0.1) is 0 Å². The molecule has 0 unspecified atom stereocenters. The fourth-order valence-electron chi connectivity index (χ4n) is 1.97. The number of benzene rings is 2. The van der Waals surface area contributed by atoms with Gasteiger partial charge in [0, 0.05) is 6.07 Å². The number of nitrogens with zero attached hydrogens (tertiary/aromatic N) is 1. The van der Waals surface area contributed by atoms with Gasteiger partial charge in [0.15, 0.2) is 5.13 Å². The fraction of sp³-hybridized carbons (Fsp3) is 0.133. The van der Waals surface area contributed by atoms with Crippen molar-refractivity contribution >= 4 is 26.7 Å². The number of hydrogen-bond acceptors (Lipinski definition) is 5. The van der Waals surface area contributed by atoms with E-state index in [2.05, 4.69) is 4.98 Å². The molecule has 0 radical (unpaired) electrons. The summed E-state index contributed by atoms with van der Waals surface area (Å²) in [5, 5.41) is 0.526. The summed E-state index contributed by atoms with van der Waals surface area (Å²) >= 11 is 1.42. The largest absolute Gasteiger partial charge is 0.494 e. The molecule has 1 heterocycles. The van der Waals surface area contributed by atoms with E-state index in [1.165, 1.54) is 11.3 Å². The van der Waals surface area contributed by atoms with E-state index in [1.54, 1.807) is 7.11 Å². The maximum atomic E-state index is 5.81. The van der Waals surface area contributed by atoms with E-state index in [0.717, 1.165) is 21.5 Å². The first kappa shape index (κ1) is 12.7. The van der Waals surface area contributed by atoms with Crippen molar-refractivity contribution in [3.05, 3.63) is 48.0 Å². The number of nitrogens with two attached hydrogens (primary N) is 1. The van der Waals surface area contributed by atoms with Crippen LogP contribution in [0.2, 0.25) is 0 Å². The van der Waals surface area contributed by atoms with Crippen LogP contribution in [0.25, 0.3) is 10.2 Å². The Morgan fingerprint density at radius 3 is 2.75 bits per heavy atom. The van der Waals surface area contributed by atoms with Gasteiger partial charge in [-0.25, -0.2) is 4.98 Å². The molecule has 0 spiro atoms. The molecule has 5 heteroatoms. The molecule has 102 valence electrons. The molecule has 0 saturated heterocycles. The molecule has 0 saturated carbocycles. The zero-order chi connectivity index (χ0) is 13.9. The molecule has 0 aliphatic carbocycles. The Hall–Kier alpha value is -2.27. The Morgan fingerprint density at radius 2 is 2.00 bits per heavy atom. The van der Waals surface area contributed by atoms with Crippen LogP contribution in [0.4, 0.5) is 5.13 Å². The molecule has 0 atom stereocenters. The molecule has 0 aliphatic heterocycles. The molecule has 1 aromatic heterocycles. The molecule has 3 aromatic rings. The second-order valence-electron chi connectivity index (χ2n) is 4.30. The lowest BCUT2D eigenvalue weighted by Gasteiger charge is -2.08. The van der Waals surface area contributed by atoms with Crippen LogP contribution < -0.4 is 15.2 Å². The van der Waals surface area contributed by atoms with Crippen molar-refractivity contribution in [2.75, 3.05) is 12.8 Å². The van der Waals surface area contributed by atoms with Crippen molar-refractivity contribution in [2.24, 2.45) is 0 Å². The van der Waals surface area contributed by atoms with Crippen molar-refractivity contribution in [1.82, 2.24) is 4.98 Å². The zero-order valence-electron chi connectivity index (χ0n) is 11.0. The maximum Gasteiger partial charge on any atom is 0.181 e. The number of ether oxygens (including phenoxy) is 2. The van der Waals surface area contributed by atoms with E-state index >= 15 is 0 Å². The minimum absolute atomic E-state index is 0.518. The van der Waals surface area contributed by atoms with Crippen LogP contribution in [0.3, 0.4) is 0 Å². The van der Waals surface area contributed by atoms with Gasteiger partial charge in [-0.2, -0.15) is 0 Å². The van der Waals surface area contributed by atoms with Crippen molar-refractivity contribution < 1.29 is 9.47 Å². The fourth-order valence-corrected chi connectivity index (χ4v) is 2.75. The highest BCUT2D eigenvalue weighted by atomic mass is 32.1. The number of rotatable bonds is 4. The van der Waals surface area contributed by atoms with Crippen LogP contribution in [0.15, 0.2) is 42.5 Å². The molecular formula is C15H14N2O2S. The van der Waals surface area contributed by atoms with Crippen molar-refractivity contribution in [1.29, 1.82) is 0 Å². The molecule has 2 aromatic carbocycles. The number of nitrogen functional groups attached to an aromatic ring is 1. The van der Waals surface area contributed by atoms with Crippen LogP contribution in [-0.4, -0.2) is 12.1 Å². The SMILES string of the molecule is COc1cc(OCc2ccccc2)cc2sc(N)nc12. The summed E-state index contributed by atoms with van der Waals surface area (Å²) in [5.41, 5.74) is 7.64. The highest BCUT2D eigenvalue weighted by Gasteiger charge is 2.10. The van der Waals surface area contributed by atoms with Crippen molar-refractivity contribution in [3.8, 4) is 11.5 Å².